The van der Waals surface area contributed by atoms with E-state index >= 15 is 0 Å². The summed E-state index contributed by atoms with van der Waals surface area (Å²) in [5.74, 6) is 1.81. The molecule has 0 spiro atoms. The molecule has 0 aromatic heterocycles. The zero-order chi connectivity index (χ0) is 16.2. The van der Waals surface area contributed by atoms with Crippen molar-refractivity contribution in [3.8, 4) is 5.75 Å². The van der Waals surface area contributed by atoms with Gasteiger partial charge < -0.3 is 19.7 Å². The summed E-state index contributed by atoms with van der Waals surface area (Å²) in [6, 6.07) is 8.07. The molecule has 0 radical (unpaired) electrons. The Bertz CT molecular complexity index is 449. The number of nitrogens with one attached hydrogen (secondary N) is 1. The fourth-order valence-electron chi connectivity index (χ4n) is 2.30. The average molecular weight is 307 g/mol. The van der Waals surface area contributed by atoms with Crippen molar-refractivity contribution < 1.29 is 9.47 Å². The van der Waals surface area contributed by atoms with Gasteiger partial charge in [-0.25, -0.2) is 0 Å². The average Bonchev–Trinajstić information content (AvgIpc) is 2.54. The Morgan fingerprint density at radius 3 is 2.64 bits per heavy atom. The minimum Gasteiger partial charge on any atom is -0.496 e. The Labute approximate surface area is 134 Å². The molecule has 1 aromatic rings. The van der Waals surface area contributed by atoms with Crippen LogP contribution in [0.4, 0.5) is 0 Å². The lowest BCUT2D eigenvalue weighted by molar-refractivity contribution is 0.192. The van der Waals surface area contributed by atoms with E-state index in [0.29, 0.717) is 0 Å². The van der Waals surface area contributed by atoms with Gasteiger partial charge in [-0.2, -0.15) is 0 Å². The second-order valence-corrected chi connectivity index (χ2v) is 5.20. The fraction of sp³-hybridized carbons (Fsp3) is 0.588. The monoisotopic (exact) mass is 307 g/mol. The molecule has 0 unspecified atom stereocenters. The first-order valence-corrected chi connectivity index (χ1v) is 7.75. The Kier molecular flexibility index (Phi) is 9.07. The maximum absolute atomic E-state index is 5.40. The number of guanidine groups is 1. The Morgan fingerprint density at radius 1 is 1.18 bits per heavy atom. The summed E-state index contributed by atoms with van der Waals surface area (Å²) >= 11 is 0. The van der Waals surface area contributed by atoms with E-state index in [1.807, 2.05) is 32.3 Å². The molecule has 0 heterocycles. The van der Waals surface area contributed by atoms with Crippen molar-refractivity contribution in [2.45, 2.75) is 25.8 Å². The number of unbranched alkanes of at least 4 members (excludes halogenated alkanes) is 2. The molecule has 0 aliphatic rings. The predicted octanol–water partition coefficient (Wildman–Crippen LogP) is 2.52. The number of para-hydroxylation sites is 1. The van der Waals surface area contributed by atoms with Crippen molar-refractivity contribution in [3.05, 3.63) is 29.8 Å². The number of hydrogen-bond donors (Lipinski definition) is 1. The van der Waals surface area contributed by atoms with Crippen LogP contribution in [0, 0.1) is 0 Å². The summed E-state index contributed by atoms with van der Waals surface area (Å²) in [6.07, 6.45) is 3.38. The molecule has 1 aromatic carbocycles. The van der Waals surface area contributed by atoms with Gasteiger partial charge in [-0.1, -0.05) is 18.2 Å². The third kappa shape index (κ3) is 6.35. The van der Waals surface area contributed by atoms with E-state index in [1.165, 1.54) is 0 Å². The first kappa shape index (κ1) is 18.3. The Balaban J connectivity index is 2.42. The van der Waals surface area contributed by atoms with Crippen molar-refractivity contribution in [1.82, 2.24) is 10.2 Å². The highest BCUT2D eigenvalue weighted by molar-refractivity contribution is 5.79. The SMILES string of the molecule is CN=C(NCCCCCOC)N(C)Cc1ccccc1OC. The van der Waals surface area contributed by atoms with Gasteiger partial charge in [-0.3, -0.25) is 4.99 Å². The van der Waals surface area contributed by atoms with Crippen LogP contribution in [-0.2, 0) is 11.3 Å². The zero-order valence-corrected chi connectivity index (χ0v) is 14.3. The van der Waals surface area contributed by atoms with Crippen molar-refractivity contribution in [1.29, 1.82) is 0 Å². The summed E-state index contributed by atoms with van der Waals surface area (Å²) in [5, 5.41) is 3.40. The van der Waals surface area contributed by atoms with E-state index in [4.69, 9.17) is 9.47 Å². The maximum Gasteiger partial charge on any atom is 0.193 e. The van der Waals surface area contributed by atoms with Gasteiger partial charge in [0.2, 0.25) is 0 Å². The molecular formula is C17H29N3O2. The predicted molar refractivity (Wildman–Crippen MR) is 91.5 cm³/mol. The van der Waals surface area contributed by atoms with E-state index in [0.717, 1.165) is 56.2 Å². The molecule has 5 heteroatoms. The maximum atomic E-state index is 5.40. The third-order valence-electron chi connectivity index (χ3n) is 3.48. The Hall–Kier alpha value is -1.75. The van der Waals surface area contributed by atoms with E-state index in [-0.39, 0.29) is 0 Å². The summed E-state index contributed by atoms with van der Waals surface area (Å²) in [6.45, 7) is 2.52. The van der Waals surface area contributed by atoms with Crippen molar-refractivity contribution in [3.63, 3.8) is 0 Å². The lowest BCUT2D eigenvalue weighted by Crippen LogP contribution is -2.38. The first-order chi connectivity index (χ1) is 10.7. The minimum atomic E-state index is 0.757. The van der Waals surface area contributed by atoms with E-state index in [1.54, 1.807) is 14.2 Å². The van der Waals surface area contributed by atoms with Crippen LogP contribution in [0.3, 0.4) is 0 Å². The van der Waals surface area contributed by atoms with Crippen LogP contribution in [0.25, 0.3) is 0 Å². The molecule has 124 valence electrons. The van der Waals surface area contributed by atoms with Crippen LogP contribution in [0.2, 0.25) is 0 Å². The van der Waals surface area contributed by atoms with Crippen LogP contribution in [0.1, 0.15) is 24.8 Å². The molecule has 22 heavy (non-hydrogen) atoms. The standard InChI is InChI=1S/C17H29N3O2/c1-18-17(19-12-8-5-9-13-21-3)20(2)14-15-10-6-7-11-16(15)22-4/h6-7,10-11H,5,8-9,12-14H2,1-4H3,(H,18,19). The van der Waals surface area contributed by atoms with Gasteiger partial charge in [0.05, 0.1) is 7.11 Å². The molecule has 0 saturated heterocycles. The van der Waals surface area contributed by atoms with Gasteiger partial charge in [-0.15, -0.1) is 0 Å². The topological polar surface area (TPSA) is 46.1 Å². The van der Waals surface area contributed by atoms with Crippen LogP contribution in [-0.4, -0.2) is 52.3 Å². The van der Waals surface area contributed by atoms with Gasteiger partial charge in [0.15, 0.2) is 5.96 Å². The number of hydrogen-bond acceptors (Lipinski definition) is 3. The van der Waals surface area contributed by atoms with Crippen LogP contribution < -0.4 is 10.1 Å². The summed E-state index contributed by atoms with van der Waals surface area (Å²) in [5.41, 5.74) is 1.15. The van der Waals surface area contributed by atoms with Crippen molar-refractivity contribution in [2.75, 3.05) is 41.5 Å². The normalized spacial score (nSPS) is 11.4. The number of aliphatic imine (C=N–C) groups is 1. The quantitative estimate of drug-likeness (QED) is 0.432. The second-order valence-electron chi connectivity index (χ2n) is 5.20. The van der Waals surface area contributed by atoms with Gasteiger partial charge in [0.1, 0.15) is 5.75 Å². The largest absolute Gasteiger partial charge is 0.496 e. The molecule has 0 atom stereocenters. The summed E-state index contributed by atoms with van der Waals surface area (Å²) in [4.78, 5) is 6.44. The molecular weight excluding hydrogens is 278 g/mol. The Morgan fingerprint density at radius 2 is 1.95 bits per heavy atom. The number of benzene rings is 1. The minimum absolute atomic E-state index is 0.757. The van der Waals surface area contributed by atoms with Gasteiger partial charge in [0.25, 0.3) is 0 Å². The lowest BCUT2D eigenvalue weighted by atomic mass is 10.2. The van der Waals surface area contributed by atoms with Crippen LogP contribution in [0.5, 0.6) is 5.75 Å². The summed E-state index contributed by atoms with van der Waals surface area (Å²) in [7, 11) is 7.29. The number of ether oxygens (including phenoxy) is 2. The fourth-order valence-corrected chi connectivity index (χ4v) is 2.30. The lowest BCUT2D eigenvalue weighted by Gasteiger charge is -2.23. The molecule has 5 nitrogen and oxygen atoms in total. The smallest absolute Gasteiger partial charge is 0.193 e. The highest BCUT2D eigenvalue weighted by atomic mass is 16.5. The van der Waals surface area contributed by atoms with Gasteiger partial charge in [-0.05, 0) is 25.3 Å². The molecule has 0 aliphatic heterocycles. The van der Waals surface area contributed by atoms with E-state index < -0.39 is 0 Å². The number of nitrogens with zero attached hydrogens (tertiary/aromatic N) is 2. The molecule has 1 rings (SSSR count). The molecule has 0 bridgehead atoms. The first-order valence-electron chi connectivity index (χ1n) is 7.75. The van der Waals surface area contributed by atoms with Crippen LogP contribution >= 0.6 is 0 Å². The van der Waals surface area contributed by atoms with Crippen molar-refractivity contribution >= 4 is 5.96 Å². The highest BCUT2D eigenvalue weighted by Crippen LogP contribution is 2.18. The van der Waals surface area contributed by atoms with Gasteiger partial charge >= 0.3 is 0 Å². The molecule has 0 amide bonds. The highest BCUT2D eigenvalue weighted by Gasteiger charge is 2.09. The summed E-state index contributed by atoms with van der Waals surface area (Å²) < 4.78 is 10.4. The van der Waals surface area contributed by atoms with Crippen LogP contribution in [0.15, 0.2) is 29.3 Å². The second kappa shape index (κ2) is 10.9. The molecule has 0 aliphatic carbocycles. The number of rotatable bonds is 9. The zero-order valence-electron chi connectivity index (χ0n) is 14.3. The number of methoxy groups -OCH3 is 2. The third-order valence-corrected chi connectivity index (χ3v) is 3.48. The molecule has 0 fully saturated rings. The van der Waals surface area contributed by atoms with Gasteiger partial charge in [0, 0.05) is 46.5 Å². The molecule has 1 N–H and O–H groups in total. The molecule has 0 saturated carbocycles. The van der Waals surface area contributed by atoms with E-state index in [9.17, 15) is 0 Å². The van der Waals surface area contributed by atoms with Crippen molar-refractivity contribution in [2.24, 2.45) is 4.99 Å². The van der Waals surface area contributed by atoms with E-state index in [2.05, 4.69) is 21.3 Å².